The van der Waals surface area contributed by atoms with Crippen molar-refractivity contribution >= 4 is 0 Å². The van der Waals surface area contributed by atoms with Gasteiger partial charge in [-0.25, -0.2) is 4.79 Å². The first-order valence-corrected chi connectivity index (χ1v) is 6.03. The SMILES string of the molecule is O=c1[nH]cc(-c2cccc(C3CNCCO3)c2)[nH]1. The number of H-pyrrole nitrogens is 2. The summed E-state index contributed by atoms with van der Waals surface area (Å²) >= 11 is 0. The zero-order valence-corrected chi connectivity index (χ0v) is 9.90. The number of hydrogen-bond donors (Lipinski definition) is 3. The first kappa shape index (κ1) is 11.3. The van der Waals surface area contributed by atoms with Crippen LogP contribution in [0.1, 0.15) is 11.7 Å². The summed E-state index contributed by atoms with van der Waals surface area (Å²) in [7, 11) is 0. The molecule has 0 spiro atoms. The Morgan fingerprint density at radius 2 is 2.28 bits per heavy atom. The fraction of sp³-hybridized carbons (Fsp3) is 0.308. The molecule has 3 rings (SSSR count). The number of aromatic amines is 2. The largest absolute Gasteiger partial charge is 0.371 e. The van der Waals surface area contributed by atoms with Crippen molar-refractivity contribution in [2.24, 2.45) is 0 Å². The third-order valence-corrected chi connectivity index (χ3v) is 3.09. The standard InChI is InChI=1S/C13H15N3O2/c17-13-15-7-11(16-13)9-2-1-3-10(6-9)12-8-14-4-5-18-12/h1-3,6-7,12,14H,4-5,8H2,(H2,15,16,17). The molecule has 0 amide bonds. The van der Waals surface area contributed by atoms with Crippen LogP contribution in [-0.2, 0) is 4.74 Å². The van der Waals surface area contributed by atoms with Gasteiger partial charge in [-0.2, -0.15) is 0 Å². The van der Waals surface area contributed by atoms with E-state index in [9.17, 15) is 4.79 Å². The van der Waals surface area contributed by atoms with E-state index in [4.69, 9.17) is 4.74 Å². The van der Waals surface area contributed by atoms with Crippen molar-refractivity contribution in [1.82, 2.24) is 15.3 Å². The number of rotatable bonds is 2. The highest BCUT2D eigenvalue weighted by molar-refractivity contribution is 5.59. The Balaban J connectivity index is 1.91. The van der Waals surface area contributed by atoms with Gasteiger partial charge in [0.15, 0.2) is 0 Å². The van der Waals surface area contributed by atoms with E-state index in [0.29, 0.717) is 0 Å². The minimum absolute atomic E-state index is 0.0874. The Kier molecular flexibility index (Phi) is 3.00. The topological polar surface area (TPSA) is 69.9 Å². The van der Waals surface area contributed by atoms with Crippen LogP contribution >= 0.6 is 0 Å². The maximum absolute atomic E-state index is 11.1. The normalized spacial score (nSPS) is 19.9. The molecule has 1 aliphatic rings. The minimum Gasteiger partial charge on any atom is -0.371 e. The van der Waals surface area contributed by atoms with E-state index in [-0.39, 0.29) is 11.8 Å². The maximum atomic E-state index is 11.1. The van der Waals surface area contributed by atoms with Gasteiger partial charge in [0.2, 0.25) is 0 Å². The van der Waals surface area contributed by atoms with Gasteiger partial charge in [0.05, 0.1) is 18.4 Å². The van der Waals surface area contributed by atoms with Crippen LogP contribution in [0.2, 0.25) is 0 Å². The lowest BCUT2D eigenvalue weighted by atomic mass is 10.0. The van der Waals surface area contributed by atoms with Gasteiger partial charge in [-0.15, -0.1) is 0 Å². The molecule has 1 aliphatic heterocycles. The lowest BCUT2D eigenvalue weighted by molar-refractivity contribution is 0.0277. The quantitative estimate of drug-likeness (QED) is 0.740. The summed E-state index contributed by atoms with van der Waals surface area (Å²) in [4.78, 5) is 16.5. The number of benzene rings is 1. The molecule has 1 saturated heterocycles. The summed E-state index contributed by atoms with van der Waals surface area (Å²) in [6.45, 7) is 2.46. The fourth-order valence-electron chi connectivity index (χ4n) is 2.17. The highest BCUT2D eigenvalue weighted by Gasteiger charge is 2.16. The van der Waals surface area contributed by atoms with Gasteiger partial charge in [0.1, 0.15) is 0 Å². The van der Waals surface area contributed by atoms with E-state index >= 15 is 0 Å². The third kappa shape index (κ3) is 2.23. The van der Waals surface area contributed by atoms with E-state index in [0.717, 1.165) is 36.5 Å². The highest BCUT2D eigenvalue weighted by atomic mass is 16.5. The lowest BCUT2D eigenvalue weighted by Crippen LogP contribution is -2.33. The third-order valence-electron chi connectivity index (χ3n) is 3.09. The number of aromatic nitrogens is 2. The second kappa shape index (κ2) is 4.80. The van der Waals surface area contributed by atoms with E-state index in [1.54, 1.807) is 6.20 Å². The van der Waals surface area contributed by atoms with Crippen molar-refractivity contribution in [1.29, 1.82) is 0 Å². The van der Waals surface area contributed by atoms with Crippen LogP contribution in [-0.4, -0.2) is 29.7 Å². The zero-order chi connectivity index (χ0) is 12.4. The molecule has 1 fully saturated rings. The number of ether oxygens (including phenoxy) is 1. The predicted molar refractivity (Wildman–Crippen MR) is 68.4 cm³/mol. The Hall–Kier alpha value is -1.85. The van der Waals surface area contributed by atoms with Gasteiger partial charge in [0.25, 0.3) is 0 Å². The van der Waals surface area contributed by atoms with Gasteiger partial charge in [-0.05, 0) is 17.2 Å². The molecule has 0 saturated carbocycles. The molecule has 1 atom stereocenters. The molecule has 0 bridgehead atoms. The van der Waals surface area contributed by atoms with Gasteiger partial charge in [-0.1, -0.05) is 18.2 Å². The van der Waals surface area contributed by atoms with Crippen LogP contribution in [0.25, 0.3) is 11.3 Å². The molecule has 2 aromatic rings. The Bertz CT molecular complexity index is 582. The molecule has 18 heavy (non-hydrogen) atoms. The second-order valence-electron chi connectivity index (χ2n) is 4.35. The van der Waals surface area contributed by atoms with Crippen molar-refractivity contribution in [3.63, 3.8) is 0 Å². The number of hydrogen-bond acceptors (Lipinski definition) is 3. The molecule has 3 N–H and O–H groups in total. The molecule has 5 heteroatoms. The predicted octanol–water partition coefficient (Wildman–Crippen LogP) is 1.03. The molecule has 2 heterocycles. The summed E-state index contributed by atoms with van der Waals surface area (Å²) in [5.74, 6) is 0. The number of imidazole rings is 1. The average Bonchev–Trinajstić information content (AvgIpc) is 2.87. The molecule has 1 aromatic carbocycles. The van der Waals surface area contributed by atoms with Crippen molar-refractivity contribution in [2.75, 3.05) is 19.7 Å². The van der Waals surface area contributed by atoms with Crippen molar-refractivity contribution in [3.8, 4) is 11.3 Å². The van der Waals surface area contributed by atoms with Gasteiger partial charge < -0.3 is 20.0 Å². The van der Waals surface area contributed by atoms with Crippen molar-refractivity contribution in [2.45, 2.75) is 6.10 Å². The number of nitrogens with one attached hydrogen (secondary N) is 3. The monoisotopic (exact) mass is 245 g/mol. The van der Waals surface area contributed by atoms with Gasteiger partial charge in [-0.3, -0.25) is 0 Å². The molecular weight excluding hydrogens is 230 g/mol. The Morgan fingerprint density at radius 1 is 1.33 bits per heavy atom. The van der Waals surface area contributed by atoms with Crippen LogP contribution in [0.4, 0.5) is 0 Å². The van der Waals surface area contributed by atoms with Crippen LogP contribution in [0.3, 0.4) is 0 Å². The van der Waals surface area contributed by atoms with Crippen molar-refractivity contribution in [3.05, 3.63) is 46.5 Å². The summed E-state index contributed by atoms with van der Waals surface area (Å²) in [6.07, 6.45) is 1.77. The van der Waals surface area contributed by atoms with Gasteiger partial charge in [0, 0.05) is 19.3 Å². The summed E-state index contributed by atoms with van der Waals surface area (Å²) < 4.78 is 5.72. The molecule has 0 aliphatic carbocycles. The van der Waals surface area contributed by atoms with E-state index in [1.165, 1.54) is 0 Å². The summed E-state index contributed by atoms with van der Waals surface area (Å²) in [5, 5.41) is 3.31. The van der Waals surface area contributed by atoms with Crippen LogP contribution in [0, 0.1) is 0 Å². The maximum Gasteiger partial charge on any atom is 0.323 e. The fourth-order valence-corrected chi connectivity index (χ4v) is 2.17. The minimum atomic E-state index is -0.189. The zero-order valence-electron chi connectivity index (χ0n) is 9.90. The molecule has 0 radical (unpaired) electrons. The summed E-state index contributed by atoms with van der Waals surface area (Å²) in [6, 6.07) is 8.05. The van der Waals surface area contributed by atoms with Crippen LogP contribution in [0.15, 0.2) is 35.3 Å². The van der Waals surface area contributed by atoms with E-state index < -0.39 is 0 Å². The molecular formula is C13H15N3O2. The first-order valence-electron chi connectivity index (χ1n) is 6.03. The van der Waals surface area contributed by atoms with Crippen LogP contribution < -0.4 is 11.0 Å². The summed E-state index contributed by atoms with van der Waals surface area (Å²) in [5.41, 5.74) is 2.72. The highest BCUT2D eigenvalue weighted by Crippen LogP contribution is 2.23. The molecule has 1 aromatic heterocycles. The second-order valence-corrected chi connectivity index (χ2v) is 4.35. The van der Waals surface area contributed by atoms with Crippen molar-refractivity contribution < 1.29 is 4.74 Å². The smallest absolute Gasteiger partial charge is 0.323 e. The Labute approximate surface area is 104 Å². The lowest BCUT2D eigenvalue weighted by Gasteiger charge is -2.24. The first-order chi connectivity index (χ1) is 8.83. The van der Waals surface area contributed by atoms with Gasteiger partial charge >= 0.3 is 5.69 Å². The average molecular weight is 245 g/mol. The molecule has 1 unspecified atom stereocenters. The number of morpholine rings is 1. The van der Waals surface area contributed by atoms with E-state index in [2.05, 4.69) is 21.4 Å². The molecule has 94 valence electrons. The van der Waals surface area contributed by atoms with Crippen LogP contribution in [0.5, 0.6) is 0 Å². The Morgan fingerprint density at radius 3 is 3.00 bits per heavy atom. The molecule has 5 nitrogen and oxygen atoms in total. The van der Waals surface area contributed by atoms with E-state index in [1.807, 2.05) is 18.2 Å².